The van der Waals surface area contributed by atoms with Crippen molar-refractivity contribution in [1.29, 1.82) is 0 Å². The maximum absolute atomic E-state index is 14.0. The van der Waals surface area contributed by atoms with Gasteiger partial charge in [0.05, 0.1) is 26.9 Å². The Morgan fingerprint density at radius 2 is 1.54 bits per heavy atom. The van der Waals surface area contributed by atoms with Crippen molar-refractivity contribution < 1.29 is 13.2 Å². The van der Waals surface area contributed by atoms with E-state index in [4.69, 9.17) is 5.73 Å². The molecule has 0 fully saturated rings. The molecule has 0 bridgehead atoms. The van der Waals surface area contributed by atoms with Crippen molar-refractivity contribution in [2.24, 2.45) is 0 Å². The molecule has 2 aromatic carbocycles. The van der Waals surface area contributed by atoms with E-state index in [9.17, 15) is 13.2 Å². The van der Waals surface area contributed by atoms with E-state index in [1.54, 1.807) is 24.3 Å². The number of nitrogens with zero attached hydrogens (tertiary/aromatic N) is 2. The summed E-state index contributed by atoms with van der Waals surface area (Å²) in [5.41, 5.74) is 6.46. The highest BCUT2D eigenvalue weighted by Gasteiger charge is 2.35. The lowest BCUT2D eigenvalue weighted by atomic mass is 10.0. The second-order valence-electron chi connectivity index (χ2n) is 6.42. The Morgan fingerprint density at radius 3 is 2.25 bits per heavy atom. The van der Waals surface area contributed by atoms with Gasteiger partial charge in [0, 0.05) is 16.3 Å². The van der Waals surface area contributed by atoms with Crippen LogP contribution in [0.2, 0.25) is 0 Å². The Kier molecular flexibility index (Phi) is 3.57. The molecule has 3 heterocycles. The quantitative estimate of drug-likeness (QED) is 0.364. The summed E-state index contributed by atoms with van der Waals surface area (Å²) >= 11 is 1.21. The predicted molar refractivity (Wildman–Crippen MR) is 107 cm³/mol. The molecule has 0 amide bonds. The van der Waals surface area contributed by atoms with Gasteiger partial charge >= 0.3 is 6.18 Å². The maximum atomic E-state index is 14.0. The van der Waals surface area contributed by atoms with Gasteiger partial charge in [-0.05, 0) is 6.07 Å². The third kappa shape index (κ3) is 2.51. The minimum absolute atomic E-state index is 0.00429. The predicted octanol–water partition coefficient (Wildman–Crippen LogP) is 6.27. The average molecular weight is 395 g/mol. The summed E-state index contributed by atoms with van der Waals surface area (Å²) in [5, 5.41) is 1.51. The van der Waals surface area contributed by atoms with E-state index in [0.29, 0.717) is 15.1 Å². The van der Waals surface area contributed by atoms with Crippen LogP contribution in [0.5, 0.6) is 0 Å². The Bertz CT molecular complexity index is 1360. The first-order valence-corrected chi connectivity index (χ1v) is 9.29. The number of benzene rings is 2. The SMILES string of the molecule is Nc1nc2c(sc3nc(-c4ccccc4)cc(C(F)(F)F)c32)c2ccccc12. The van der Waals surface area contributed by atoms with Crippen LogP contribution in [0.3, 0.4) is 0 Å². The van der Waals surface area contributed by atoms with Gasteiger partial charge in [0.25, 0.3) is 0 Å². The second kappa shape index (κ2) is 5.90. The van der Waals surface area contributed by atoms with E-state index >= 15 is 0 Å². The van der Waals surface area contributed by atoms with Crippen molar-refractivity contribution in [2.75, 3.05) is 5.73 Å². The number of thiophene rings is 1. The molecular weight excluding hydrogens is 383 g/mol. The van der Waals surface area contributed by atoms with Gasteiger partial charge in [0.1, 0.15) is 10.6 Å². The van der Waals surface area contributed by atoms with Crippen LogP contribution in [0.25, 0.3) is 42.5 Å². The number of pyridine rings is 2. The normalized spacial score (nSPS) is 12.2. The van der Waals surface area contributed by atoms with Gasteiger partial charge in [-0.25, -0.2) is 9.97 Å². The number of nitrogens with two attached hydrogens (primary N) is 1. The number of anilines is 1. The zero-order valence-corrected chi connectivity index (χ0v) is 15.1. The Morgan fingerprint density at radius 1 is 0.857 bits per heavy atom. The molecule has 3 aromatic heterocycles. The Labute approximate surface area is 161 Å². The third-order valence-electron chi connectivity index (χ3n) is 4.69. The highest BCUT2D eigenvalue weighted by Crippen LogP contribution is 2.45. The largest absolute Gasteiger partial charge is 0.417 e. The summed E-state index contributed by atoms with van der Waals surface area (Å²) in [6.45, 7) is 0. The van der Waals surface area contributed by atoms with E-state index < -0.39 is 11.7 Å². The first kappa shape index (κ1) is 16.9. The van der Waals surface area contributed by atoms with Gasteiger partial charge in [-0.3, -0.25) is 0 Å². The summed E-state index contributed by atoms with van der Waals surface area (Å²) in [7, 11) is 0. The van der Waals surface area contributed by atoms with Crippen molar-refractivity contribution >= 4 is 48.4 Å². The van der Waals surface area contributed by atoms with Crippen molar-refractivity contribution in [3.05, 3.63) is 66.2 Å². The monoisotopic (exact) mass is 395 g/mol. The van der Waals surface area contributed by atoms with Crippen molar-refractivity contribution in [3.8, 4) is 11.3 Å². The zero-order valence-electron chi connectivity index (χ0n) is 14.3. The number of hydrogen-bond donors (Lipinski definition) is 1. The molecule has 0 unspecified atom stereocenters. The molecular formula is C21H12F3N3S. The molecule has 0 radical (unpaired) electrons. The summed E-state index contributed by atoms with van der Waals surface area (Å²) in [6.07, 6.45) is -4.54. The van der Waals surface area contributed by atoms with E-state index in [1.165, 1.54) is 11.3 Å². The molecule has 0 aliphatic heterocycles. The van der Waals surface area contributed by atoms with Crippen molar-refractivity contribution in [1.82, 2.24) is 9.97 Å². The molecule has 0 atom stereocenters. The molecule has 0 aliphatic rings. The van der Waals surface area contributed by atoms with E-state index in [1.807, 2.05) is 30.3 Å². The average Bonchev–Trinajstić information content (AvgIpc) is 3.06. The van der Waals surface area contributed by atoms with Gasteiger partial charge in [-0.2, -0.15) is 13.2 Å². The van der Waals surface area contributed by atoms with Gasteiger partial charge in [-0.15, -0.1) is 11.3 Å². The molecule has 28 heavy (non-hydrogen) atoms. The first-order chi connectivity index (χ1) is 13.4. The Balaban J connectivity index is 1.96. The number of nitrogen functional groups attached to an aromatic ring is 1. The second-order valence-corrected chi connectivity index (χ2v) is 7.42. The fourth-order valence-corrected chi connectivity index (χ4v) is 4.62. The molecule has 0 spiro atoms. The van der Waals surface area contributed by atoms with Crippen LogP contribution in [-0.4, -0.2) is 9.97 Å². The number of hydrogen-bond acceptors (Lipinski definition) is 4. The van der Waals surface area contributed by atoms with Crippen LogP contribution in [0, 0.1) is 0 Å². The van der Waals surface area contributed by atoms with Crippen LogP contribution >= 0.6 is 11.3 Å². The molecule has 5 aromatic rings. The number of fused-ring (bicyclic) bond motifs is 5. The molecule has 7 heteroatoms. The maximum Gasteiger partial charge on any atom is 0.417 e. The van der Waals surface area contributed by atoms with Crippen LogP contribution < -0.4 is 5.73 Å². The van der Waals surface area contributed by atoms with Crippen LogP contribution in [0.1, 0.15) is 5.56 Å². The van der Waals surface area contributed by atoms with Crippen molar-refractivity contribution in [2.45, 2.75) is 6.18 Å². The smallest absolute Gasteiger partial charge is 0.383 e. The molecule has 0 aliphatic carbocycles. The number of halogens is 3. The van der Waals surface area contributed by atoms with Crippen LogP contribution in [0.15, 0.2) is 60.7 Å². The minimum Gasteiger partial charge on any atom is -0.383 e. The molecule has 2 N–H and O–H groups in total. The summed E-state index contributed by atoms with van der Waals surface area (Å²) in [4.78, 5) is 9.15. The zero-order chi connectivity index (χ0) is 19.5. The van der Waals surface area contributed by atoms with Gasteiger partial charge in [-0.1, -0.05) is 54.6 Å². The minimum atomic E-state index is -4.54. The lowest BCUT2D eigenvalue weighted by Crippen LogP contribution is -2.07. The fraction of sp³-hybridized carbons (Fsp3) is 0.0476. The summed E-state index contributed by atoms with van der Waals surface area (Å²) in [5.74, 6) is 0.211. The molecule has 0 saturated heterocycles. The molecule has 3 nitrogen and oxygen atoms in total. The number of aromatic nitrogens is 2. The highest BCUT2D eigenvalue weighted by atomic mass is 32.1. The van der Waals surface area contributed by atoms with Crippen LogP contribution in [-0.2, 0) is 6.18 Å². The lowest BCUT2D eigenvalue weighted by molar-refractivity contribution is -0.136. The topological polar surface area (TPSA) is 51.8 Å². The molecule has 5 rings (SSSR count). The van der Waals surface area contributed by atoms with E-state index in [2.05, 4.69) is 9.97 Å². The fourth-order valence-electron chi connectivity index (χ4n) is 3.44. The van der Waals surface area contributed by atoms with Gasteiger partial charge < -0.3 is 5.73 Å². The standard InChI is InChI=1S/C21H12F3N3S/c22-21(23,24)14-10-15(11-6-2-1-3-7-11)26-20-16(14)17-18(28-20)12-8-4-5-9-13(12)19(25)27-17/h1-10H,(H2,25,27). The highest BCUT2D eigenvalue weighted by molar-refractivity contribution is 7.26. The van der Waals surface area contributed by atoms with Crippen molar-refractivity contribution in [3.63, 3.8) is 0 Å². The lowest BCUT2D eigenvalue weighted by Gasteiger charge is -2.11. The van der Waals surface area contributed by atoms with E-state index in [-0.39, 0.29) is 22.4 Å². The number of rotatable bonds is 1. The van der Waals surface area contributed by atoms with Gasteiger partial charge in [0.15, 0.2) is 0 Å². The summed E-state index contributed by atoms with van der Waals surface area (Å²) in [6, 6.07) is 17.3. The van der Waals surface area contributed by atoms with E-state index in [0.717, 1.165) is 16.8 Å². The third-order valence-corrected chi connectivity index (χ3v) is 5.80. The number of alkyl halides is 3. The molecule has 0 saturated carbocycles. The molecule has 138 valence electrons. The first-order valence-electron chi connectivity index (χ1n) is 8.47. The van der Waals surface area contributed by atoms with Gasteiger partial charge in [0.2, 0.25) is 0 Å². The Hall–Kier alpha value is -3.19. The van der Waals surface area contributed by atoms with Crippen LogP contribution in [0.4, 0.5) is 19.0 Å². The summed E-state index contributed by atoms with van der Waals surface area (Å²) < 4.78 is 42.5.